The molecule has 2 aromatic rings. The second-order valence-corrected chi connectivity index (χ2v) is 6.46. The molecule has 1 atom stereocenters. The zero-order chi connectivity index (χ0) is 17.1. The van der Waals surface area contributed by atoms with Gasteiger partial charge in [-0.05, 0) is 29.5 Å². The smallest absolute Gasteiger partial charge is 0.534 e. The minimum atomic E-state index is -1.23. The van der Waals surface area contributed by atoms with E-state index in [1.54, 1.807) is 18.2 Å². The van der Waals surface area contributed by atoms with Crippen LogP contribution >= 0.6 is 11.3 Å². The summed E-state index contributed by atoms with van der Waals surface area (Å²) in [5, 5.41) is 14.9. The van der Waals surface area contributed by atoms with Crippen LogP contribution in [0.5, 0.6) is 5.75 Å². The predicted molar refractivity (Wildman–Crippen MR) is 90.0 cm³/mol. The number of carbonyl (C=O) groups is 2. The van der Waals surface area contributed by atoms with Gasteiger partial charge in [-0.15, -0.1) is 11.3 Å². The third kappa shape index (κ3) is 3.44. The molecule has 1 aliphatic rings. The average Bonchev–Trinajstić information content (AvgIpc) is 3.07. The highest BCUT2D eigenvalue weighted by atomic mass is 32.1. The number of hydrogen-bond acceptors (Lipinski definition) is 6. The maximum absolute atomic E-state index is 12.1. The number of carbonyl (C=O) groups excluding carboxylic acids is 2. The fourth-order valence-electron chi connectivity index (χ4n) is 2.65. The molecule has 0 aliphatic carbocycles. The molecule has 1 aromatic heterocycles. The molecule has 1 aromatic carbocycles. The fourth-order valence-corrected chi connectivity index (χ4v) is 3.35. The lowest BCUT2D eigenvalue weighted by Gasteiger charge is -2.29. The van der Waals surface area contributed by atoms with Gasteiger partial charge in [0.05, 0.1) is 19.5 Å². The van der Waals surface area contributed by atoms with E-state index in [1.807, 2.05) is 17.5 Å². The summed E-state index contributed by atoms with van der Waals surface area (Å²) in [5.74, 6) is -0.977. The van der Waals surface area contributed by atoms with Crippen molar-refractivity contribution >= 4 is 30.3 Å². The van der Waals surface area contributed by atoms with E-state index in [-0.39, 0.29) is 17.9 Å². The lowest BCUT2D eigenvalue weighted by atomic mass is 9.72. The van der Waals surface area contributed by atoms with Crippen LogP contribution in [0.3, 0.4) is 0 Å². The van der Waals surface area contributed by atoms with Crippen molar-refractivity contribution in [2.24, 2.45) is 0 Å². The van der Waals surface area contributed by atoms with Gasteiger partial charge in [0.15, 0.2) is 0 Å². The number of amides is 1. The van der Waals surface area contributed by atoms with E-state index in [0.29, 0.717) is 12.2 Å². The Labute approximate surface area is 143 Å². The Morgan fingerprint density at radius 1 is 1.42 bits per heavy atom. The molecule has 0 saturated carbocycles. The van der Waals surface area contributed by atoms with E-state index in [1.165, 1.54) is 18.4 Å². The molecule has 0 radical (unpaired) electrons. The van der Waals surface area contributed by atoms with Gasteiger partial charge in [0.25, 0.3) is 0 Å². The standard InChI is InChI=1S/C16H16BNO5S/c1-22-16(20)12-6-2-4-10-8-13(17(21)23-15(10)12)18-14(19)9-11-5-3-7-24-11/h2-7,13,21H,8-9H2,1H3,(H,18,19)/t13-/m0/s1. The van der Waals surface area contributed by atoms with Gasteiger partial charge < -0.3 is 19.7 Å². The quantitative estimate of drug-likeness (QED) is 0.643. The molecule has 6 nitrogen and oxygen atoms in total. The van der Waals surface area contributed by atoms with E-state index < -0.39 is 19.0 Å². The number of rotatable bonds is 4. The molecular weight excluding hydrogens is 329 g/mol. The summed E-state index contributed by atoms with van der Waals surface area (Å²) in [5.41, 5.74) is 1.00. The second-order valence-electron chi connectivity index (χ2n) is 5.43. The number of thiophene rings is 1. The molecule has 124 valence electrons. The first-order chi connectivity index (χ1) is 11.6. The molecule has 0 bridgehead atoms. The van der Waals surface area contributed by atoms with Gasteiger partial charge >= 0.3 is 13.1 Å². The highest BCUT2D eigenvalue weighted by molar-refractivity contribution is 7.10. The van der Waals surface area contributed by atoms with E-state index in [4.69, 9.17) is 9.39 Å². The van der Waals surface area contributed by atoms with Crippen LogP contribution in [0, 0.1) is 0 Å². The van der Waals surface area contributed by atoms with Gasteiger partial charge in [0, 0.05) is 4.88 Å². The Kier molecular flexibility index (Phi) is 4.87. The molecule has 0 unspecified atom stereocenters. The van der Waals surface area contributed by atoms with E-state index >= 15 is 0 Å². The molecule has 0 fully saturated rings. The summed E-state index contributed by atoms with van der Waals surface area (Å²) in [6.45, 7) is 0. The van der Waals surface area contributed by atoms with Crippen molar-refractivity contribution in [2.75, 3.05) is 7.11 Å². The van der Waals surface area contributed by atoms with Crippen molar-refractivity contribution in [3.05, 3.63) is 51.7 Å². The van der Waals surface area contributed by atoms with Gasteiger partial charge in [-0.3, -0.25) is 4.79 Å². The normalized spacial score (nSPS) is 16.1. The molecule has 2 N–H and O–H groups in total. The lowest BCUT2D eigenvalue weighted by molar-refractivity contribution is -0.120. The van der Waals surface area contributed by atoms with Crippen molar-refractivity contribution in [1.29, 1.82) is 0 Å². The van der Waals surface area contributed by atoms with Crippen molar-refractivity contribution < 1.29 is 24.0 Å². The van der Waals surface area contributed by atoms with Crippen molar-refractivity contribution in [3.8, 4) is 5.75 Å². The molecule has 2 heterocycles. The predicted octanol–water partition coefficient (Wildman–Crippen LogP) is 1.22. The van der Waals surface area contributed by atoms with Crippen molar-refractivity contribution in [3.63, 3.8) is 0 Å². The first kappa shape index (κ1) is 16.5. The molecule has 1 amide bonds. The molecular formula is C16H16BNO5S. The lowest BCUT2D eigenvalue weighted by Crippen LogP contribution is -2.53. The minimum Gasteiger partial charge on any atom is -0.534 e. The van der Waals surface area contributed by atoms with E-state index in [9.17, 15) is 14.6 Å². The summed E-state index contributed by atoms with van der Waals surface area (Å²) in [7, 11) is 0.0600. The number of ether oxygens (including phenoxy) is 1. The summed E-state index contributed by atoms with van der Waals surface area (Å²) in [6.07, 6.45) is 0.632. The maximum atomic E-state index is 12.1. The van der Waals surface area contributed by atoms with Crippen LogP contribution in [0.25, 0.3) is 0 Å². The summed E-state index contributed by atoms with van der Waals surface area (Å²) >= 11 is 1.50. The van der Waals surface area contributed by atoms with Gasteiger partial charge in [-0.1, -0.05) is 18.2 Å². The second kappa shape index (κ2) is 7.06. The van der Waals surface area contributed by atoms with Crippen LogP contribution in [0.2, 0.25) is 0 Å². The van der Waals surface area contributed by atoms with E-state index in [0.717, 1.165) is 10.4 Å². The van der Waals surface area contributed by atoms with Gasteiger partial charge in [-0.25, -0.2) is 4.79 Å². The minimum absolute atomic E-state index is 0.183. The molecule has 0 spiro atoms. The summed E-state index contributed by atoms with van der Waals surface area (Å²) in [4.78, 5) is 24.8. The third-order valence-corrected chi connectivity index (χ3v) is 4.66. The Hall–Kier alpha value is -2.32. The Bertz CT molecular complexity index is 749. The number of nitrogens with one attached hydrogen (secondary N) is 1. The monoisotopic (exact) mass is 345 g/mol. The first-order valence-electron chi connectivity index (χ1n) is 7.45. The first-order valence-corrected chi connectivity index (χ1v) is 8.33. The SMILES string of the molecule is COC(=O)c1cccc2c1OB(O)[C@@H](NC(=O)Cc1cccs1)C2. The molecule has 1 aliphatic heterocycles. The number of hydrogen-bond donors (Lipinski definition) is 2. The molecule has 8 heteroatoms. The van der Waals surface area contributed by atoms with E-state index in [2.05, 4.69) is 5.32 Å². The highest BCUT2D eigenvalue weighted by Crippen LogP contribution is 2.30. The Morgan fingerprint density at radius 2 is 2.25 bits per heavy atom. The third-order valence-electron chi connectivity index (χ3n) is 3.79. The van der Waals surface area contributed by atoms with Gasteiger partial charge in [-0.2, -0.15) is 0 Å². The zero-order valence-corrected chi connectivity index (χ0v) is 13.8. The number of methoxy groups -OCH3 is 1. The summed E-state index contributed by atoms with van der Waals surface area (Å²) < 4.78 is 10.2. The number of fused-ring (bicyclic) bond motifs is 1. The van der Waals surface area contributed by atoms with Crippen molar-refractivity contribution in [1.82, 2.24) is 5.32 Å². The van der Waals surface area contributed by atoms with Crippen LogP contribution < -0.4 is 9.97 Å². The fraction of sp³-hybridized carbons (Fsp3) is 0.250. The largest absolute Gasteiger partial charge is 0.547 e. The number of esters is 1. The maximum Gasteiger partial charge on any atom is 0.547 e. The van der Waals surface area contributed by atoms with Crippen LogP contribution in [-0.4, -0.2) is 37.1 Å². The van der Waals surface area contributed by atoms with Gasteiger partial charge in [0.2, 0.25) is 5.91 Å². The van der Waals surface area contributed by atoms with Gasteiger partial charge in [0.1, 0.15) is 11.3 Å². The Balaban J connectivity index is 1.73. The summed E-state index contributed by atoms with van der Waals surface area (Å²) in [6, 6.07) is 8.86. The highest BCUT2D eigenvalue weighted by Gasteiger charge is 2.37. The number of para-hydroxylation sites is 1. The molecule has 3 rings (SSSR count). The van der Waals surface area contributed by atoms with Crippen LogP contribution in [-0.2, 0) is 22.4 Å². The average molecular weight is 345 g/mol. The van der Waals surface area contributed by atoms with Crippen molar-refractivity contribution in [2.45, 2.75) is 18.8 Å². The zero-order valence-electron chi connectivity index (χ0n) is 13.0. The van der Waals surface area contributed by atoms with Crippen LogP contribution in [0.1, 0.15) is 20.8 Å². The molecule has 0 saturated heterocycles. The topological polar surface area (TPSA) is 84.9 Å². The number of benzene rings is 1. The molecule has 24 heavy (non-hydrogen) atoms. The van der Waals surface area contributed by atoms with Crippen LogP contribution in [0.4, 0.5) is 0 Å². The Morgan fingerprint density at radius 3 is 2.96 bits per heavy atom. The van der Waals surface area contributed by atoms with Crippen LogP contribution in [0.15, 0.2) is 35.7 Å².